The summed E-state index contributed by atoms with van der Waals surface area (Å²) in [4.78, 5) is 6.78. The molecule has 0 atom stereocenters. The highest BCUT2D eigenvalue weighted by atomic mass is 32.1. The number of rotatable bonds is 2. The summed E-state index contributed by atoms with van der Waals surface area (Å²) in [5, 5.41) is 6.53. The van der Waals surface area contributed by atoms with Crippen LogP contribution in [0.3, 0.4) is 0 Å². The fraction of sp³-hybridized carbons (Fsp3) is 0.200. The van der Waals surface area contributed by atoms with Crippen molar-refractivity contribution in [3.63, 3.8) is 0 Å². The van der Waals surface area contributed by atoms with Crippen molar-refractivity contribution in [3.05, 3.63) is 53.7 Å². The number of hydrogen-bond donors (Lipinski definition) is 2. The molecule has 0 saturated carbocycles. The van der Waals surface area contributed by atoms with Gasteiger partial charge in [0.2, 0.25) is 0 Å². The van der Waals surface area contributed by atoms with Gasteiger partial charge in [0.15, 0.2) is 5.11 Å². The Labute approximate surface area is 123 Å². The molecule has 1 aromatic heterocycles. The zero-order valence-electron chi connectivity index (χ0n) is 11.3. The molecular formula is C15H16N4S. The Hall–Kier alpha value is -2.14. The van der Waals surface area contributed by atoms with Gasteiger partial charge in [0, 0.05) is 20.1 Å². The van der Waals surface area contributed by atoms with E-state index in [4.69, 9.17) is 12.2 Å². The molecule has 3 rings (SSSR count). The Morgan fingerprint density at radius 2 is 1.85 bits per heavy atom. The quantitative estimate of drug-likeness (QED) is 0.829. The maximum atomic E-state index is 5.06. The first kappa shape index (κ1) is 12.9. The first-order valence-corrected chi connectivity index (χ1v) is 6.93. The van der Waals surface area contributed by atoms with Gasteiger partial charge in [-0.1, -0.05) is 24.3 Å². The fourth-order valence-corrected chi connectivity index (χ4v) is 2.45. The van der Waals surface area contributed by atoms with Gasteiger partial charge in [-0.2, -0.15) is 0 Å². The van der Waals surface area contributed by atoms with Crippen LogP contribution in [0.5, 0.6) is 0 Å². The molecule has 0 amide bonds. The lowest BCUT2D eigenvalue weighted by atomic mass is 10.1. The lowest BCUT2D eigenvalue weighted by Gasteiger charge is -2.17. The van der Waals surface area contributed by atoms with Crippen LogP contribution in [0, 0.1) is 0 Å². The Morgan fingerprint density at radius 3 is 2.40 bits per heavy atom. The molecule has 0 aliphatic carbocycles. The second-order valence-electron chi connectivity index (χ2n) is 4.73. The average molecular weight is 284 g/mol. The van der Waals surface area contributed by atoms with Crippen molar-refractivity contribution in [2.24, 2.45) is 0 Å². The van der Waals surface area contributed by atoms with E-state index in [1.165, 1.54) is 11.1 Å². The third kappa shape index (κ3) is 2.58. The van der Waals surface area contributed by atoms with Gasteiger partial charge in [-0.05, 0) is 35.5 Å². The maximum absolute atomic E-state index is 5.06. The van der Waals surface area contributed by atoms with Crippen LogP contribution in [0.1, 0.15) is 11.1 Å². The molecule has 0 spiro atoms. The zero-order chi connectivity index (χ0) is 13.9. The standard InChI is InChI=1S/C15H16N4S/c1-16-15(20)18-13-6-7-14(17-8-13)19-9-11-4-2-3-5-12(11)10-19/h2-8H,9-10H2,1H3,(H2,16,18,20). The summed E-state index contributed by atoms with van der Waals surface area (Å²) < 4.78 is 0. The van der Waals surface area contributed by atoms with E-state index < -0.39 is 0 Å². The fourth-order valence-electron chi connectivity index (χ4n) is 2.34. The maximum Gasteiger partial charge on any atom is 0.170 e. The van der Waals surface area contributed by atoms with Gasteiger partial charge in [0.25, 0.3) is 0 Å². The number of anilines is 2. The topological polar surface area (TPSA) is 40.2 Å². The third-order valence-corrected chi connectivity index (χ3v) is 3.70. The smallest absolute Gasteiger partial charge is 0.170 e. The van der Waals surface area contributed by atoms with Gasteiger partial charge >= 0.3 is 0 Å². The summed E-state index contributed by atoms with van der Waals surface area (Å²) >= 11 is 5.06. The summed E-state index contributed by atoms with van der Waals surface area (Å²) in [6.07, 6.45) is 1.81. The van der Waals surface area contributed by atoms with Crippen molar-refractivity contribution < 1.29 is 0 Å². The van der Waals surface area contributed by atoms with Crippen LogP contribution in [0.2, 0.25) is 0 Å². The summed E-state index contributed by atoms with van der Waals surface area (Å²) in [7, 11) is 1.79. The van der Waals surface area contributed by atoms with Gasteiger partial charge in [0.05, 0.1) is 11.9 Å². The van der Waals surface area contributed by atoms with Crippen LogP contribution >= 0.6 is 12.2 Å². The highest BCUT2D eigenvalue weighted by Gasteiger charge is 2.19. The monoisotopic (exact) mass is 284 g/mol. The van der Waals surface area contributed by atoms with Crippen molar-refractivity contribution >= 4 is 28.8 Å². The van der Waals surface area contributed by atoms with Gasteiger partial charge in [-0.25, -0.2) is 4.98 Å². The van der Waals surface area contributed by atoms with Gasteiger partial charge in [0.1, 0.15) is 5.82 Å². The predicted octanol–water partition coefficient (Wildman–Crippen LogP) is 2.52. The number of pyridine rings is 1. The Morgan fingerprint density at radius 1 is 1.15 bits per heavy atom. The van der Waals surface area contributed by atoms with E-state index in [-0.39, 0.29) is 0 Å². The molecule has 1 aliphatic rings. The summed E-state index contributed by atoms with van der Waals surface area (Å²) in [5.41, 5.74) is 3.66. The lowest BCUT2D eigenvalue weighted by molar-refractivity contribution is 0.857. The van der Waals surface area contributed by atoms with E-state index >= 15 is 0 Å². The summed E-state index contributed by atoms with van der Waals surface area (Å²) in [6.45, 7) is 1.84. The Kier molecular flexibility index (Phi) is 3.52. The molecule has 2 heterocycles. The molecule has 4 nitrogen and oxygen atoms in total. The summed E-state index contributed by atoms with van der Waals surface area (Å²) in [6, 6.07) is 12.5. The Bertz CT molecular complexity index is 599. The zero-order valence-corrected chi connectivity index (χ0v) is 12.1. The number of fused-ring (bicyclic) bond motifs is 1. The number of thiocarbonyl (C=S) groups is 1. The number of nitrogens with zero attached hydrogens (tertiary/aromatic N) is 2. The third-order valence-electron chi connectivity index (χ3n) is 3.40. The van der Waals surface area contributed by atoms with E-state index in [1.54, 1.807) is 7.05 Å². The molecule has 2 N–H and O–H groups in total. The lowest BCUT2D eigenvalue weighted by Crippen LogP contribution is -2.24. The van der Waals surface area contributed by atoms with Crippen LogP contribution in [0.25, 0.3) is 0 Å². The molecule has 5 heteroatoms. The van der Waals surface area contributed by atoms with E-state index in [0.29, 0.717) is 5.11 Å². The number of nitrogens with one attached hydrogen (secondary N) is 2. The normalized spacial score (nSPS) is 12.9. The molecule has 1 aliphatic heterocycles. The van der Waals surface area contributed by atoms with Crippen molar-refractivity contribution in [2.75, 3.05) is 17.3 Å². The van der Waals surface area contributed by atoms with Crippen molar-refractivity contribution in [1.82, 2.24) is 10.3 Å². The molecule has 0 unspecified atom stereocenters. The molecule has 2 aromatic rings. The molecule has 1 aromatic carbocycles. The number of aromatic nitrogens is 1. The first-order chi connectivity index (χ1) is 9.76. The molecule has 0 saturated heterocycles. The molecule has 102 valence electrons. The van der Waals surface area contributed by atoms with Crippen molar-refractivity contribution in [1.29, 1.82) is 0 Å². The van der Waals surface area contributed by atoms with Gasteiger partial charge in [-0.15, -0.1) is 0 Å². The minimum absolute atomic E-state index is 0.591. The van der Waals surface area contributed by atoms with E-state index in [2.05, 4.69) is 44.8 Å². The first-order valence-electron chi connectivity index (χ1n) is 6.53. The largest absolute Gasteiger partial charge is 0.366 e. The molecular weight excluding hydrogens is 268 g/mol. The minimum atomic E-state index is 0.591. The van der Waals surface area contributed by atoms with Crippen LogP contribution < -0.4 is 15.5 Å². The van der Waals surface area contributed by atoms with Gasteiger partial charge in [-0.3, -0.25) is 0 Å². The van der Waals surface area contributed by atoms with Crippen LogP contribution in [0.4, 0.5) is 11.5 Å². The molecule has 0 radical (unpaired) electrons. The molecule has 0 bridgehead atoms. The van der Waals surface area contributed by atoms with Crippen LogP contribution in [-0.4, -0.2) is 17.1 Å². The van der Waals surface area contributed by atoms with E-state index in [9.17, 15) is 0 Å². The van der Waals surface area contributed by atoms with E-state index in [1.807, 2.05) is 18.3 Å². The van der Waals surface area contributed by atoms with Crippen molar-refractivity contribution in [3.8, 4) is 0 Å². The summed E-state index contributed by atoms with van der Waals surface area (Å²) in [5.74, 6) is 0.988. The van der Waals surface area contributed by atoms with E-state index in [0.717, 1.165) is 24.6 Å². The van der Waals surface area contributed by atoms with Crippen LogP contribution in [0.15, 0.2) is 42.6 Å². The number of benzene rings is 1. The SMILES string of the molecule is CNC(=S)Nc1ccc(N2Cc3ccccc3C2)nc1. The molecule has 20 heavy (non-hydrogen) atoms. The second kappa shape index (κ2) is 5.46. The highest BCUT2D eigenvalue weighted by Crippen LogP contribution is 2.27. The minimum Gasteiger partial charge on any atom is -0.366 e. The predicted molar refractivity (Wildman–Crippen MR) is 85.8 cm³/mol. The number of hydrogen-bond acceptors (Lipinski definition) is 3. The molecule has 0 fully saturated rings. The Balaban J connectivity index is 1.72. The highest BCUT2D eigenvalue weighted by molar-refractivity contribution is 7.80. The average Bonchev–Trinajstić information content (AvgIpc) is 2.91. The second-order valence-corrected chi connectivity index (χ2v) is 5.14. The van der Waals surface area contributed by atoms with Crippen LogP contribution in [-0.2, 0) is 13.1 Å². The van der Waals surface area contributed by atoms with Crippen molar-refractivity contribution in [2.45, 2.75) is 13.1 Å². The van der Waals surface area contributed by atoms with Gasteiger partial charge < -0.3 is 15.5 Å².